The fourth-order valence-corrected chi connectivity index (χ4v) is 0.758. The van der Waals surface area contributed by atoms with Crippen LogP contribution in [-0.2, 0) is 4.74 Å². The van der Waals surface area contributed by atoms with Crippen LogP contribution < -0.4 is 5.32 Å². The summed E-state index contributed by atoms with van der Waals surface area (Å²) in [6.45, 7) is 9.49. The summed E-state index contributed by atoms with van der Waals surface area (Å²) in [5.74, 6) is 0. The summed E-state index contributed by atoms with van der Waals surface area (Å²) in [6, 6.07) is 0. The molecular formula is C10H23NO. The second kappa shape index (κ2) is 5.55. The van der Waals surface area contributed by atoms with Gasteiger partial charge in [-0.05, 0) is 40.7 Å². The Morgan fingerprint density at radius 3 is 2.42 bits per heavy atom. The molecule has 0 rings (SSSR count). The Morgan fingerprint density at radius 1 is 1.42 bits per heavy atom. The molecule has 12 heavy (non-hydrogen) atoms. The first-order valence-corrected chi connectivity index (χ1v) is 4.82. The van der Waals surface area contributed by atoms with Crippen molar-refractivity contribution in [2.24, 2.45) is 0 Å². The Hall–Kier alpha value is -0.0800. The summed E-state index contributed by atoms with van der Waals surface area (Å²) in [4.78, 5) is 0. The Kier molecular flexibility index (Phi) is 5.51. The molecule has 0 aliphatic carbocycles. The van der Waals surface area contributed by atoms with Crippen LogP contribution in [0.2, 0.25) is 0 Å². The molecule has 0 aromatic heterocycles. The van der Waals surface area contributed by atoms with Gasteiger partial charge in [0.15, 0.2) is 0 Å². The summed E-state index contributed by atoms with van der Waals surface area (Å²) in [5.41, 5.74) is 0.202. The number of nitrogens with one attached hydrogen (secondary N) is 1. The zero-order chi connectivity index (χ0) is 9.61. The third-order valence-corrected chi connectivity index (χ3v) is 2.38. The van der Waals surface area contributed by atoms with Crippen molar-refractivity contribution in [1.29, 1.82) is 0 Å². The predicted octanol–water partition coefficient (Wildman–Crippen LogP) is 2.19. The van der Waals surface area contributed by atoms with Crippen LogP contribution in [0.1, 0.15) is 40.5 Å². The molecule has 1 N–H and O–H groups in total. The highest BCUT2D eigenvalue weighted by Crippen LogP contribution is 2.08. The van der Waals surface area contributed by atoms with Gasteiger partial charge in [0.25, 0.3) is 0 Å². The molecule has 0 spiro atoms. The van der Waals surface area contributed by atoms with Crippen molar-refractivity contribution in [2.75, 3.05) is 13.7 Å². The third kappa shape index (κ3) is 5.56. The van der Waals surface area contributed by atoms with Gasteiger partial charge < -0.3 is 10.1 Å². The van der Waals surface area contributed by atoms with E-state index in [4.69, 9.17) is 4.74 Å². The van der Waals surface area contributed by atoms with Gasteiger partial charge in [-0.25, -0.2) is 0 Å². The lowest BCUT2D eigenvalue weighted by Crippen LogP contribution is -2.37. The van der Waals surface area contributed by atoms with Gasteiger partial charge >= 0.3 is 0 Å². The third-order valence-electron chi connectivity index (χ3n) is 2.38. The maximum Gasteiger partial charge on any atom is 0.0544 e. The van der Waals surface area contributed by atoms with Crippen molar-refractivity contribution in [3.63, 3.8) is 0 Å². The minimum atomic E-state index is 0.202. The van der Waals surface area contributed by atoms with E-state index in [0.717, 1.165) is 19.4 Å². The molecule has 0 amide bonds. The molecule has 0 aromatic carbocycles. The van der Waals surface area contributed by atoms with Gasteiger partial charge in [0.2, 0.25) is 0 Å². The zero-order valence-electron chi connectivity index (χ0n) is 9.11. The second-order valence-corrected chi connectivity index (χ2v) is 3.97. The topological polar surface area (TPSA) is 21.3 Å². The number of rotatable bonds is 6. The normalized spacial score (nSPS) is 14.8. The molecule has 0 heterocycles. The fraction of sp³-hybridized carbons (Fsp3) is 1.00. The second-order valence-electron chi connectivity index (χ2n) is 3.97. The molecule has 2 nitrogen and oxygen atoms in total. The van der Waals surface area contributed by atoms with E-state index in [1.807, 2.05) is 7.05 Å². The van der Waals surface area contributed by atoms with Gasteiger partial charge in [-0.1, -0.05) is 6.92 Å². The highest BCUT2D eigenvalue weighted by molar-refractivity contribution is 4.74. The molecule has 0 aliphatic rings. The minimum Gasteiger partial charge on any atom is -0.378 e. The molecule has 0 bridgehead atoms. The average molecular weight is 173 g/mol. The number of hydrogen-bond acceptors (Lipinski definition) is 2. The van der Waals surface area contributed by atoms with E-state index in [9.17, 15) is 0 Å². The van der Waals surface area contributed by atoms with Crippen LogP contribution in [0.25, 0.3) is 0 Å². The van der Waals surface area contributed by atoms with Crippen molar-refractivity contribution < 1.29 is 4.74 Å². The largest absolute Gasteiger partial charge is 0.378 e. The van der Waals surface area contributed by atoms with Crippen molar-refractivity contribution in [2.45, 2.75) is 52.2 Å². The SMILES string of the molecule is CCC(C)OCCC(C)(C)NC. The molecule has 0 aliphatic heterocycles. The smallest absolute Gasteiger partial charge is 0.0544 e. The van der Waals surface area contributed by atoms with Gasteiger partial charge in [-0.3, -0.25) is 0 Å². The Labute approximate surface area is 76.7 Å². The van der Waals surface area contributed by atoms with Gasteiger partial charge in [0.1, 0.15) is 0 Å². The highest BCUT2D eigenvalue weighted by Gasteiger charge is 2.14. The van der Waals surface area contributed by atoms with E-state index < -0.39 is 0 Å². The van der Waals surface area contributed by atoms with Crippen LogP contribution in [0.5, 0.6) is 0 Å². The number of ether oxygens (including phenoxy) is 1. The molecular weight excluding hydrogens is 150 g/mol. The predicted molar refractivity (Wildman–Crippen MR) is 53.5 cm³/mol. The first kappa shape index (κ1) is 11.9. The van der Waals surface area contributed by atoms with Crippen LogP contribution in [0.15, 0.2) is 0 Å². The lowest BCUT2D eigenvalue weighted by Gasteiger charge is -2.24. The van der Waals surface area contributed by atoms with E-state index in [-0.39, 0.29) is 5.54 Å². The van der Waals surface area contributed by atoms with Crippen LogP contribution in [0.4, 0.5) is 0 Å². The van der Waals surface area contributed by atoms with Crippen LogP contribution in [-0.4, -0.2) is 25.3 Å². The van der Waals surface area contributed by atoms with Gasteiger partial charge in [-0.2, -0.15) is 0 Å². The van der Waals surface area contributed by atoms with E-state index >= 15 is 0 Å². The molecule has 0 saturated carbocycles. The van der Waals surface area contributed by atoms with Crippen LogP contribution in [0, 0.1) is 0 Å². The first-order valence-electron chi connectivity index (χ1n) is 4.82. The Morgan fingerprint density at radius 2 is 2.00 bits per heavy atom. The molecule has 1 atom stereocenters. The molecule has 74 valence electrons. The maximum atomic E-state index is 5.59. The maximum absolute atomic E-state index is 5.59. The van der Waals surface area contributed by atoms with E-state index in [2.05, 4.69) is 33.0 Å². The zero-order valence-corrected chi connectivity index (χ0v) is 9.11. The van der Waals surface area contributed by atoms with Gasteiger partial charge in [0, 0.05) is 12.1 Å². The van der Waals surface area contributed by atoms with Crippen molar-refractivity contribution in [3.05, 3.63) is 0 Å². The minimum absolute atomic E-state index is 0.202. The molecule has 0 saturated heterocycles. The Bertz CT molecular complexity index is 112. The van der Waals surface area contributed by atoms with Crippen molar-refractivity contribution in [1.82, 2.24) is 5.32 Å². The van der Waals surface area contributed by atoms with E-state index in [1.54, 1.807) is 0 Å². The molecule has 0 aromatic rings. The highest BCUT2D eigenvalue weighted by atomic mass is 16.5. The fourth-order valence-electron chi connectivity index (χ4n) is 0.758. The standard InChI is InChI=1S/C10H23NO/c1-6-9(2)12-8-7-10(3,4)11-5/h9,11H,6-8H2,1-5H3. The lowest BCUT2D eigenvalue weighted by atomic mass is 10.0. The summed E-state index contributed by atoms with van der Waals surface area (Å²) in [6.07, 6.45) is 2.56. The van der Waals surface area contributed by atoms with Gasteiger partial charge in [0.05, 0.1) is 6.10 Å². The monoisotopic (exact) mass is 173 g/mol. The number of hydrogen-bond donors (Lipinski definition) is 1. The molecule has 1 unspecified atom stereocenters. The summed E-state index contributed by atoms with van der Waals surface area (Å²) < 4.78 is 5.59. The van der Waals surface area contributed by atoms with Crippen LogP contribution in [0.3, 0.4) is 0 Å². The van der Waals surface area contributed by atoms with E-state index in [0.29, 0.717) is 6.10 Å². The van der Waals surface area contributed by atoms with E-state index in [1.165, 1.54) is 0 Å². The summed E-state index contributed by atoms with van der Waals surface area (Å²) >= 11 is 0. The quantitative estimate of drug-likeness (QED) is 0.665. The Balaban J connectivity index is 3.42. The molecule has 2 heteroatoms. The van der Waals surface area contributed by atoms with Crippen molar-refractivity contribution >= 4 is 0 Å². The van der Waals surface area contributed by atoms with Crippen LogP contribution >= 0.6 is 0 Å². The summed E-state index contributed by atoms with van der Waals surface area (Å²) in [7, 11) is 1.99. The summed E-state index contributed by atoms with van der Waals surface area (Å²) in [5, 5.41) is 3.25. The molecule has 0 fully saturated rings. The first-order chi connectivity index (χ1) is 5.52. The molecule has 0 radical (unpaired) electrons. The lowest BCUT2D eigenvalue weighted by molar-refractivity contribution is 0.0511. The van der Waals surface area contributed by atoms with Gasteiger partial charge in [-0.15, -0.1) is 0 Å². The van der Waals surface area contributed by atoms with Crippen molar-refractivity contribution in [3.8, 4) is 0 Å². The average Bonchev–Trinajstić information content (AvgIpc) is 2.04.